The van der Waals surface area contributed by atoms with E-state index in [1.165, 1.54) is 24.3 Å². The van der Waals surface area contributed by atoms with Gasteiger partial charge in [-0.15, -0.1) is 23.1 Å². The zero-order valence-corrected chi connectivity index (χ0v) is 17.7. The molecule has 3 aromatic rings. The molecule has 0 saturated heterocycles. The lowest BCUT2D eigenvalue weighted by atomic mass is 10.2. The van der Waals surface area contributed by atoms with Gasteiger partial charge in [-0.1, -0.05) is 18.2 Å². The first kappa shape index (κ1) is 21.7. The van der Waals surface area contributed by atoms with Crippen LogP contribution < -0.4 is 5.56 Å². The first-order valence-corrected chi connectivity index (χ1v) is 10.6. The summed E-state index contributed by atoms with van der Waals surface area (Å²) < 4.78 is 19.1. The van der Waals surface area contributed by atoms with Crippen LogP contribution in [0.1, 0.15) is 33.5 Å². The number of aromatic nitrogens is 2. The lowest BCUT2D eigenvalue weighted by molar-refractivity contribution is -0.133. The second-order valence-corrected chi connectivity index (χ2v) is 8.10. The summed E-state index contributed by atoms with van der Waals surface area (Å²) in [6.07, 6.45) is 1.43. The van der Waals surface area contributed by atoms with Gasteiger partial charge in [0.05, 0.1) is 22.7 Å². The largest absolute Gasteiger partial charge is 0.481 e. The van der Waals surface area contributed by atoms with Gasteiger partial charge in [0.25, 0.3) is 5.56 Å². The monoisotopic (exact) mass is 448 g/mol. The number of aliphatic carboxylic acids is 1. The Morgan fingerprint density at radius 2 is 2.10 bits per heavy atom. The molecular weight excluding hydrogens is 431 g/mol. The van der Waals surface area contributed by atoms with Crippen molar-refractivity contribution in [3.8, 4) is 0 Å². The summed E-state index contributed by atoms with van der Waals surface area (Å²) in [5.41, 5.74) is 0.212. The number of aryl methyl sites for hydroxylation is 1. The fourth-order valence-electron chi connectivity index (χ4n) is 2.70. The van der Waals surface area contributed by atoms with Gasteiger partial charge in [-0.05, 0) is 31.6 Å². The first-order chi connectivity index (χ1) is 14.3. The van der Waals surface area contributed by atoms with E-state index in [-0.39, 0.29) is 38.9 Å². The van der Waals surface area contributed by atoms with Crippen LogP contribution in [0.2, 0.25) is 0 Å². The number of esters is 1. The van der Waals surface area contributed by atoms with E-state index in [0.29, 0.717) is 10.4 Å². The second kappa shape index (κ2) is 9.23. The van der Waals surface area contributed by atoms with Gasteiger partial charge in [0.1, 0.15) is 21.3 Å². The van der Waals surface area contributed by atoms with E-state index < -0.39 is 23.3 Å². The molecule has 2 N–H and O–H groups in total. The van der Waals surface area contributed by atoms with Gasteiger partial charge in [-0.25, -0.2) is 14.2 Å². The Labute approximate surface area is 178 Å². The molecule has 0 amide bonds. The van der Waals surface area contributed by atoms with Crippen molar-refractivity contribution >= 4 is 56.2 Å². The number of rotatable bonds is 7. The molecule has 0 fully saturated rings. The molecule has 3 rings (SSSR count). The molecule has 156 valence electrons. The summed E-state index contributed by atoms with van der Waals surface area (Å²) in [5, 5.41) is 9.31. The number of carbonyl (C=O) groups is 2. The maximum absolute atomic E-state index is 14.1. The molecule has 1 aromatic carbocycles. The Morgan fingerprint density at radius 1 is 1.37 bits per heavy atom. The highest BCUT2D eigenvalue weighted by molar-refractivity contribution is 8.09. The fourth-order valence-corrected chi connectivity index (χ4v) is 4.50. The van der Waals surface area contributed by atoms with Gasteiger partial charge in [-0.3, -0.25) is 9.59 Å². The number of fused-ring (bicyclic) bond motifs is 1. The third-order valence-corrected chi connectivity index (χ3v) is 6.22. The summed E-state index contributed by atoms with van der Waals surface area (Å²) in [6, 6.07) is 5.98. The molecule has 0 aliphatic heterocycles. The van der Waals surface area contributed by atoms with Crippen LogP contribution in [0.3, 0.4) is 0 Å². The van der Waals surface area contributed by atoms with Crippen LogP contribution in [-0.2, 0) is 9.53 Å². The van der Waals surface area contributed by atoms with E-state index >= 15 is 0 Å². The molecule has 0 atom stereocenters. The highest BCUT2D eigenvalue weighted by atomic mass is 32.2. The smallest absolute Gasteiger partial charge is 0.348 e. The van der Waals surface area contributed by atoms with E-state index in [1.54, 1.807) is 19.9 Å². The van der Waals surface area contributed by atoms with Crippen LogP contribution >= 0.6 is 23.1 Å². The SMILES string of the molecule is CCOC(=O)c1sc2nc(/C(=C\c3ccccc3F)SCC(=O)O)[nH]c(=O)c2c1C. The lowest BCUT2D eigenvalue weighted by Gasteiger charge is -2.06. The topological polar surface area (TPSA) is 109 Å². The standard InChI is InChI=1S/C20H17FN2O5S2/c1-3-28-20(27)16-10(2)15-18(26)22-17(23-19(15)30-16)13(29-9-14(24)25)8-11-6-4-5-7-12(11)21/h4-8H,3,9H2,1-2H3,(H,24,25)(H,22,23,26)/b13-8+. The number of carbonyl (C=O) groups excluding carboxylic acids is 1. The molecule has 0 spiro atoms. The molecule has 30 heavy (non-hydrogen) atoms. The van der Waals surface area contributed by atoms with E-state index in [1.807, 2.05) is 0 Å². The second-order valence-electron chi connectivity index (χ2n) is 6.08. The summed E-state index contributed by atoms with van der Waals surface area (Å²) in [6.45, 7) is 3.52. The molecule has 0 unspecified atom stereocenters. The third kappa shape index (κ3) is 4.60. The molecule has 0 saturated carbocycles. The van der Waals surface area contributed by atoms with Crippen molar-refractivity contribution < 1.29 is 23.8 Å². The maximum Gasteiger partial charge on any atom is 0.348 e. The predicted molar refractivity (Wildman–Crippen MR) is 115 cm³/mol. The zero-order chi connectivity index (χ0) is 21.8. The maximum atomic E-state index is 14.1. The minimum Gasteiger partial charge on any atom is -0.481 e. The van der Waals surface area contributed by atoms with E-state index in [9.17, 15) is 18.8 Å². The number of carboxylic acids is 1. The Kier molecular flexibility index (Phi) is 6.68. The van der Waals surface area contributed by atoms with Crippen molar-refractivity contribution in [2.24, 2.45) is 0 Å². The molecule has 10 heteroatoms. The Bertz CT molecular complexity index is 1220. The number of nitrogens with zero attached hydrogens (tertiary/aromatic N) is 1. The quantitative estimate of drug-likeness (QED) is 0.527. The van der Waals surface area contributed by atoms with Gasteiger partial charge in [-0.2, -0.15) is 0 Å². The molecule has 0 radical (unpaired) electrons. The van der Waals surface area contributed by atoms with Gasteiger partial charge < -0.3 is 14.8 Å². The number of thioether (sulfide) groups is 1. The van der Waals surface area contributed by atoms with Crippen molar-refractivity contribution in [3.05, 3.63) is 62.3 Å². The number of carboxylic acid groups (broad SMARTS) is 1. The van der Waals surface area contributed by atoms with Crippen LogP contribution in [0, 0.1) is 12.7 Å². The van der Waals surface area contributed by atoms with Crippen LogP contribution in [0.5, 0.6) is 0 Å². The van der Waals surface area contributed by atoms with Crippen LogP contribution in [0.4, 0.5) is 4.39 Å². The number of ether oxygens (including phenoxy) is 1. The van der Waals surface area contributed by atoms with Crippen LogP contribution in [0.15, 0.2) is 29.1 Å². The average molecular weight is 448 g/mol. The number of nitrogens with one attached hydrogen (secondary N) is 1. The molecule has 2 aromatic heterocycles. The Morgan fingerprint density at radius 3 is 2.77 bits per heavy atom. The summed E-state index contributed by atoms with van der Waals surface area (Å²) in [7, 11) is 0. The van der Waals surface area contributed by atoms with Gasteiger partial charge in [0, 0.05) is 5.56 Å². The van der Waals surface area contributed by atoms with Crippen molar-refractivity contribution in [1.29, 1.82) is 0 Å². The number of H-pyrrole nitrogens is 1. The van der Waals surface area contributed by atoms with E-state index in [4.69, 9.17) is 9.84 Å². The number of hydrogen-bond acceptors (Lipinski definition) is 7. The highest BCUT2D eigenvalue weighted by Gasteiger charge is 2.21. The molecule has 0 aliphatic rings. The number of hydrogen-bond donors (Lipinski definition) is 2. The number of benzene rings is 1. The molecular formula is C20H17FN2O5S2. The summed E-state index contributed by atoms with van der Waals surface area (Å²) in [4.78, 5) is 43.8. The van der Waals surface area contributed by atoms with Crippen LogP contribution in [0.25, 0.3) is 21.2 Å². The fraction of sp³-hybridized carbons (Fsp3) is 0.200. The van der Waals surface area contributed by atoms with Crippen molar-refractivity contribution in [1.82, 2.24) is 9.97 Å². The molecule has 2 heterocycles. The zero-order valence-electron chi connectivity index (χ0n) is 16.0. The van der Waals surface area contributed by atoms with Gasteiger partial charge in [0.2, 0.25) is 0 Å². The first-order valence-electron chi connectivity index (χ1n) is 8.83. The number of halogens is 1. The minimum atomic E-state index is -1.07. The summed E-state index contributed by atoms with van der Waals surface area (Å²) in [5.74, 6) is -2.31. The van der Waals surface area contributed by atoms with Gasteiger partial charge >= 0.3 is 11.9 Å². The van der Waals surface area contributed by atoms with E-state index in [2.05, 4.69) is 9.97 Å². The van der Waals surface area contributed by atoms with E-state index in [0.717, 1.165) is 23.1 Å². The predicted octanol–water partition coefficient (Wildman–Crippen LogP) is 3.92. The van der Waals surface area contributed by atoms with Crippen molar-refractivity contribution in [2.75, 3.05) is 12.4 Å². The molecule has 0 bridgehead atoms. The molecule has 7 nitrogen and oxygen atoms in total. The average Bonchev–Trinajstić information content (AvgIpc) is 3.03. The van der Waals surface area contributed by atoms with Gasteiger partial charge in [0.15, 0.2) is 0 Å². The number of thiophene rings is 1. The Hall–Kier alpha value is -2.98. The van der Waals surface area contributed by atoms with Crippen LogP contribution in [-0.4, -0.2) is 39.4 Å². The minimum absolute atomic E-state index is 0.0960. The lowest BCUT2D eigenvalue weighted by Crippen LogP contribution is -2.11. The normalized spacial score (nSPS) is 11.6. The molecule has 0 aliphatic carbocycles. The number of aromatic amines is 1. The van der Waals surface area contributed by atoms with Crippen molar-refractivity contribution in [2.45, 2.75) is 13.8 Å². The third-order valence-electron chi connectivity index (χ3n) is 4.04. The van der Waals surface area contributed by atoms with Crippen molar-refractivity contribution in [3.63, 3.8) is 0 Å². The summed E-state index contributed by atoms with van der Waals surface area (Å²) >= 11 is 1.92. The Balaban J connectivity index is 2.15. The highest BCUT2D eigenvalue weighted by Crippen LogP contribution is 2.32.